The average molecular weight is 308 g/mol. The largest absolute Gasteiger partial charge is 0.466 e. The summed E-state index contributed by atoms with van der Waals surface area (Å²) in [7, 11) is 0. The summed E-state index contributed by atoms with van der Waals surface area (Å²) >= 11 is 0. The minimum atomic E-state index is -0.363. The van der Waals surface area contributed by atoms with E-state index in [1.165, 1.54) is 6.92 Å². The first-order valence-corrected chi connectivity index (χ1v) is 8.08. The molecule has 124 valence electrons. The van der Waals surface area contributed by atoms with Crippen LogP contribution in [0.15, 0.2) is 30.3 Å². The molecular weight excluding hydrogens is 280 g/mol. The van der Waals surface area contributed by atoms with E-state index < -0.39 is 0 Å². The zero-order valence-electron chi connectivity index (χ0n) is 13.7. The van der Waals surface area contributed by atoms with Crippen LogP contribution in [0.25, 0.3) is 0 Å². The molecule has 1 rings (SSSR count). The van der Waals surface area contributed by atoms with Gasteiger partial charge in [-0.2, -0.15) is 0 Å². The Hall–Kier alpha value is -1.39. The van der Waals surface area contributed by atoms with Gasteiger partial charge in [0, 0.05) is 6.92 Å². The van der Waals surface area contributed by atoms with Gasteiger partial charge in [0.15, 0.2) is 0 Å². The van der Waals surface area contributed by atoms with Crippen molar-refractivity contribution in [2.45, 2.75) is 64.8 Å². The fraction of sp³-hybridized carbons (Fsp3) is 0.611. The van der Waals surface area contributed by atoms with Gasteiger partial charge >= 0.3 is 5.97 Å². The van der Waals surface area contributed by atoms with E-state index in [1.807, 2.05) is 30.3 Å². The van der Waals surface area contributed by atoms with E-state index in [2.05, 4.69) is 6.92 Å². The zero-order chi connectivity index (χ0) is 16.2. The lowest BCUT2D eigenvalue weighted by Crippen LogP contribution is -2.20. The van der Waals surface area contributed by atoms with E-state index in [9.17, 15) is 9.90 Å². The number of hydrogen-bond acceptors (Lipinski definition) is 4. The van der Waals surface area contributed by atoms with Crippen LogP contribution >= 0.6 is 0 Å². The van der Waals surface area contributed by atoms with Gasteiger partial charge in [0.1, 0.15) is 0 Å². The molecule has 4 nitrogen and oxygen atoms in total. The molecule has 0 spiro atoms. The van der Waals surface area contributed by atoms with Crippen LogP contribution in [0.1, 0.15) is 51.5 Å². The fourth-order valence-corrected chi connectivity index (χ4v) is 2.26. The highest BCUT2D eigenvalue weighted by Gasteiger charge is 2.13. The SMILES string of the molecule is CC[C@H](C[C@@H](O)CCCCOC(C)=O)OCc1ccccc1. The average Bonchev–Trinajstić information content (AvgIpc) is 2.51. The van der Waals surface area contributed by atoms with Crippen molar-refractivity contribution >= 4 is 5.97 Å². The van der Waals surface area contributed by atoms with E-state index in [0.29, 0.717) is 26.1 Å². The summed E-state index contributed by atoms with van der Waals surface area (Å²) in [5.74, 6) is -0.249. The van der Waals surface area contributed by atoms with Crippen molar-refractivity contribution in [3.05, 3.63) is 35.9 Å². The number of esters is 1. The molecule has 2 atom stereocenters. The number of aliphatic hydroxyl groups excluding tert-OH is 1. The number of carbonyl (C=O) groups excluding carboxylic acids is 1. The molecule has 0 bridgehead atoms. The Kier molecular flexibility index (Phi) is 9.51. The Bertz CT molecular complexity index is 405. The van der Waals surface area contributed by atoms with E-state index in [1.54, 1.807) is 0 Å². The molecule has 0 unspecified atom stereocenters. The normalized spacial score (nSPS) is 13.6. The van der Waals surface area contributed by atoms with Crippen LogP contribution in [0.2, 0.25) is 0 Å². The predicted molar refractivity (Wildman–Crippen MR) is 86.4 cm³/mol. The summed E-state index contributed by atoms with van der Waals surface area (Å²) in [6.45, 7) is 4.50. The first kappa shape index (κ1) is 18.7. The summed E-state index contributed by atoms with van der Waals surface area (Å²) < 4.78 is 10.7. The summed E-state index contributed by atoms with van der Waals surface area (Å²) in [6.07, 6.45) is 3.60. The van der Waals surface area contributed by atoms with Crippen molar-refractivity contribution in [3.63, 3.8) is 0 Å². The Balaban J connectivity index is 2.17. The third-order valence-corrected chi connectivity index (χ3v) is 3.56. The van der Waals surface area contributed by atoms with E-state index in [-0.39, 0.29) is 18.2 Å². The van der Waals surface area contributed by atoms with Crippen molar-refractivity contribution < 1.29 is 19.4 Å². The maximum absolute atomic E-state index is 10.6. The number of hydrogen-bond donors (Lipinski definition) is 1. The Morgan fingerprint density at radius 2 is 1.95 bits per heavy atom. The number of ether oxygens (including phenoxy) is 2. The topological polar surface area (TPSA) is 55.8 Å². The molecule has 0 aliphatic carbocycles. The molecule has 1 aromatic carbocycles. The van der Waals surface area contributed by atoms with Crippen LogP contribution in [0.4, 0.5) is 0 Å². The van der Waals surface area contributed by atoms with Gasteiger partial charge in [-0.05, 0) is 37.7 Å². The van der Waals surface area contributed by atoms with Crippen LogP contribution < -0.4 is 0 Å². The Labute approximate surface area is 133 Å². The molecule has 0 saturated heterocycles. The maximum Gasteiger partial charge on any atom is 0.302 e. The zero-order valence-corrected chi connectivity index (χ0v) is 13.7. The highest BCUT2D eigenvalue weighted by molar-refractivity contribution is 5.65. The Morgan fingerprint density at radius 1 is 1.23 bits per heavy atom. The highest BCUT2D eigenvalue weighted by Crippen LogP contribution is 2.14. The molecule has 0 amide bonds. The fourth-order valence-electron chi connectivity index (χ4n) is 2.26. The molecule has 0 aliphatic heterocycles. The third kappa shape index (κ3) is 8.80. The van der Waals surface area contributed by atoms with Crippen molar-refractivity contribution in [3.8, 4) is 0 Å². The summed E-state index contributed by atoms with van der Waals surface area (Å²) in [4.78, 5) is 10.6. The molecule has 1 aromatic rings. The van der Waals surface area contributed by atoms with E-state index >= 15 is 0 Å². The summed E-state index contributed by atoms with van der Waals surface area (Å²) in [6, 6.07) is 10.1. The van der Waals surface area contributed by atoms with Gasteiger partial charge in [0.25, 0.3) is 0 Å². The van der Waals surface area contributed by atoms with Gasteiger partial charge in [-0.1, -0.05) is 37.3 Å². The molecular formula is C18H28O4. The number of unbranched alkanes of at least 4 members (excludes halogenated alkanes) is 1. The second-order valence-corrected chi connectivity index (χ2v) is 5.55. The van der Waals surface area contributed by atoms with E-state index in [4.69, 9.17) is 9.47 Å². The van der Waals surface area contributed by atoms with Gasteiger partial charge in [0.2, 0.25) is 0 Å². The molecule has 1 N–H and O–H groups in total. The third-order valence-electron chi connectivity index (χ3n) is 3.56. The lowest BCUT2D eigenvalue weighted by Gasteiger charge is -2.20. The van der Waals surface area contributed by atoms with Crippen LogP contribution in [-0.2, 0) is 20.9 Å². The number of aliphatic hydroxyl groups is 1. The standard InChI is InChI=1S/C18H28O4/c1-3-18(22-14-16-9-5-4-6-10-16)13-17(20)11-7-8-12-21-15(2)19/h4-6,9-10,17-18,20H,3,7-8,11-14H2,1-2H3/t17-,18+/m0/s1. The lowest BCUT2D eigenvalue weighted by molar-refractivity contribution is -0.141. The Morgan fingerprint density at radius 3 is 2.59 bits per heavy atom. The molecule has 0 saturated carbocycles. The van der Waals surface area contributed by atoms with Crippen molar-refractivity contribution in [1.82, 2.24) is 0 Å². The van der Waals surface area contributed by atoms with Gasteiger partial charge < -0.3 is 14.6 Å². The molecule has 0 aromatic heterocycles. The van der Waals surface area contributed by atoms with Gasteiger partial charge in [-0.15, -0.1) is 0 Å². The summed E-state index contributed by atoms with van der Waals surface area (Å²) in [5, 5.41) is 10.1. The van der Waals surface area contributed by atoms with Crippen LogP contribution in [-0.4, -0.2) is 29.9 Å². The van der Waals surface area contributed by atoms with Crippen molar-refractivity contribution in [1.29, 1.82) is 0 Å². The molecule has 22 heavy (non-hydrogen) atoms. The second-order valence-electron chi connectivity index (χ2n) is 5.55. The number of rotatable bonds is 11. The molecule has 0 aliphatic rings. The van der Waals surface area contributed by atoms with Gasteiger partial charge in [-0.25, -0.2) is 0 Å². The minimum absolute atomic E-state index is 0.0728. The van der Waals surface area contributed by atoms with Crippen molar-refractivity contribution in [2.24, 2.45) is 0 Å². The van der Waals surface area contributed by atoms with Crippen molar-refractivity contribution in [2.75, 3.05) is 6.61 Å². The summed E-state index contributed by atoms with van der Waals surface area (Å²) in [5.41, 5.74) is 1.15. The van der Waals surface area contributed by atoms with Crippen LogP contribution in [0, 0.1) is 0 Å². The van der Waals surface area contributed by atoms with Gasteiger partial charge in [-0.3, -0.25) is 4.79 Å². The van der Waals surface area contributed by atoms with Gasteiger partial charge in [0.05, 0.1) is 25.4 Å². The quantitative estimate of drug-likeness (QED) is 0.502. The first-order chi connectivity index (χ1) is 10.6. The maximum atomic E-state index is 10.6. The first-order valence-electron chi connectivity index (χ1n) is 8.08. The molecule has 0 heterocycles. The lowest BCUT2D eigenvalue weighted by atomic mass is 10.0. The number of carbonyl (C=O) groups is 1. The molecule has 0 fully saturated rings. The molecule has 0 radical (unpaired) electrons. The molecule has 4 heteroatoms. The second kappa shape index (κ2) is 11.2. The smallest absolute Gasteiger partial charge is 0.302 e. The van der Waals surface area contributed by atoms with Crippen LogP contribution in [0.5, 0.6) is 0 Å². The number of benzene rings is 1. The highest BCUT2D eigenvalue weighted by atomic mass is 16.5. The van der Waals surface area contributed by atoms with Crippen LogP contribution in [0.3, 0.4) is 0 Å². The van der Waals surface area contributed by atoms with E-state index in [0.717, 1.165) is 24.8 Å². The minimum Gasteiger partial charge on any atom is -0.466 e. The predicted octanol–water partition coefficient (Wildman–Crippen LogP) is 3.47. The monoisotopic (exact) mass is 308 g/mol.